The molecule has 5 nitrogen and oxygen atoms in total. The van der Waals surface area contributed by atoms with E-state index < -0.39 is 0 Å². The van der Waals surface area contributed by atoms with Crippen LogP contribution in [-0.2, 0) is 6.42 Å². The molecule has 0 bridgehead atoms. The lowest BCUT2D eigenvalue weighted by molar-refractivity contribution is 0.0827. The van der Waals surface area contributed by atoms with Crippen LogP contribution in [0.5, 0.6) is 0 Å². The van der Waals surface area contributed by atoms with Gasteiger partial charge in [0.2, 0.25) is 0 Å². The summed E-state index contributed by atoms with van der Waals surface area (Å²) in [6.07, 6.45) is 0.751. The van der Waals surface area contributed by atoms with Gasteiger partial charge in [0.1, 0.15) is 0 Å². The van der Waals surface area contributed by atoms with Gasteiger partial charge in [-0.1, -0.05) is 12.1 Å². The maximum atomic E-state index is 11.9. The van der Waals surface area contributed by atoms with Crippen molar-refractivity contribution < 1.29 is 4.79 Å². The summed E-state index contributed by atoms with van der Waals surface area (Å²) >= 11 is 0. The number of carbonyl (C=O) groups excluding carboxylic acids is 1. The third-order valence-electron chi connectivity index (χ3n) is 2.77. The first-order valence-corrected chi connectivity index (χ1v) is 7.08. The molecule has 0 aliphatic heterocycles. The molecule has 0 spiro atoms. The highest BCUT2D eigenvalue weighted by Crippen LogP contribution is 2.08. The summed E-state index contributed by atoms with van der Waals surface area (Å²) in [4.78, 5) is 17.8. The molecule has 0 aliphatic rings. The fourth-order valence-electron chi connectivity index (χ4n) is 1.85. The second kappa shape index (κ2) is 7.11. The summed E-state index contributed by atoms with van der Waals surface area (Å²) in [5, 5.41) is 3.12. The molecule has 0 heterocycles. The average molecular weight is 290 g/mol. The second-order valence-corrected chi connectivity index (χ2v) is 6.29. The van der Waals surface area contributed by atoms with Crippen LogP contribution in [0.3, 0.4) is 0 Å². The van der Waals surface area contributed by atoms with Gasteiger partial charge >= 0.3 is 0 Å². The maximum Gasteiger partial charge on any atom is 0.253 e. The molecule has 21 heavy (non-hydrogen) atoms. The number of amides is 1. The molecule has 3 N–H and O–H groups in total. The van der Waals surface area contributed by atoms with E-state index in [9.17, 15) is 4.79 Å². The van der Waals surface area contributed by atoms with E-state index in [1.54, 1.807) is 19.0 Å². The number of carbonyl (C=O) groups is 1. The molecular formula is C16H26N4O. The minimum Gasteiger partial charge on any atom is -0.370 e. The number of hydrogen-bond acceptors (Lipinski definition) is 2. The molecule has 0 fully saturated rings. The van der Waals surface area contributed by atoms with Crippen molar-refractivity contribution in [2.24, 2.45) is 10.7 Å². The summed E-state index contributed by atoms with van der Waals surface area (Å²) in [6, 6.07) is 7.62. The Morgan fingerprint density at radius 1 is 1.33 bits per heavy atom. The number of guanidine groups is 1. The first kappa shape index (κ1) is 17.0. The predicted octanol–water partition coefficient (Wildman–Crippen LogP) is 1.63. The van der Waals surface area contributed by atoms with Crippen LogP contribution in [0.1, 0.15) is 36.7 Å². The number of nitrogens with two attached hydrogens (primary N) is 1. The van der Waals surface area contributed by atoms with E-state index in [4.69, 9.17) is 5.73 Å². The van der Waals surface area contributed by atoms with Gasteiger partial charge < -0.3 is 16.0 Å². The van der Waals surface area contributed by atoms with E-state index in [0.29, 0.717) is 18.1 Å². The van der Waals surface area contributed by atoms with Crippen molar-refractivity contribution in [2.75, 3.05) is 20.6 Å². The summed E-state index contributed by atoms with van der Waals surface area (Å²) in [6.45, 7) is 6.69. The first-order chi connectivity index (χ1) is 9.69. The number of rotatable bonds is 4. The number of nitrogens with zero attached hydrogens (tertiary/aromatic N) is 2. The van der Waals surface area contributed by atoms with Crippen LogP contribution in [0.25, 0.3) is 0 Å². The molecule has 5 heteroatoms. The summed E-state index contributed by atoms with van der Waals surface area (Å²) < 4.78 is 0. The minimum atomic E-state index is -0.0916. The zero-order chi connectivity index (χ0) is 16.0. The van der Waals surface area contributed by atoms with Gasteiger partial charge in [-0.25, -0.2) is 0 Å². The Bertz CT molecular complexity index is 515. The van der Waals surface area contributed by atoms with Crippen LogP contribution in [0.15, 0.2) is 29.3 Å². The molecule has 1 aromatic carbocycles. The SMILES string of the molecule is CN(C)C(=O)c1cccc(CCN=C(N)NC(C)(C)C)c1. The Kier molecular flexibility index (Phi) is 5.76. The zero-order valence-electron chi connectivity index (χ0n) is 13.6. The van der Waals surface area contributed by atoms with Crippen LogP contribution in [-0.4, -0.2) is 42.9 Å². The van der Waals surface area contributed by atoms with Crippen molar-refractivity contribution >= 4 is 11.9 Å². The van der Waals surface area contributed by atoms with Gasteiger partial charge in [0, 0.05) is 31.7 Å². The van der Waals surface area contributed by atoms with Gasteiger partial charge in [-0.15, -0.1) is 0 Å². The van der Waals surface area contributed by atoms with Crippen LogP contribution in [0.2, 0.25) is 0 Å². The van der Waals surface area contributed by atoms with E-state index in [0.717, 1.165) is 12.0 Å². The number of hydrogen-bond donors (Lipinski definition) is 2. The Hall–Kier alpha value is -2.04. The molecule has 0 saturated heterocycles. The minimum absolute atomic E-state index is 0.00858. The van der Waals surface area contributed by atoms with Crippen molar-refractivity contribution in [2.45, 2.75) is 32.7 Å². The highest BCUT2D eigenvalue weighted by atomic mass is 16.2. The van der Waals surface area contributed by atoms with E-state index in [1.165, 1.54) is 0 Å². The molecule has 0 aromatic heterocycles. The topological polar surface area (TPSA) is 70.7 Å². The number of aliphatic imine (C=N–C) groups is 1. The van der Waals surface area contributed by atoms with Crippen molar-refractivity contribution in [3.8, 4) is 0 Å². The molecule has 0 radical (unpaired) electrons. The molecule has 0 unspecified atom stereocenters. The van der Waals surface area contributed by atoms with Gasteiger partial charge in [-0.2, -0.15) is 0 Å². The standard InChI is InChI=1S/C16H26N4O/c1-16(2,3)19-15(17)18-10-9-12-7-6-8-13(11-12)14(21)20(4)5/h6-8,11H,9-10H2,1-5H3,(H3,17,18,19). The summed E-state index contributed by atoms with van der Waals surface area (Å²) in [5.41, 5.74) is 7.50. The third-order valence-corrected chi connectivity index (χ3v) is 2.77. The van der Waals surface area contributed by atoms with Gasteiger partial charge in [0.25, 0.3) is 5.91 Å². The molecule has 1 aromatic rings. The van der Waals surface area contributed by atoms with Gasteiger partial charge in [0.15, 0.2) is 5.96 Å². The highest BCUT2D eigenvalue weighted by molar-refractivity contribution is 5.94. The van der Waals surface area contributed by atoms with Crippen molar-refractivity contribution in [3.63, 3.8) is 0 Å². The maximum absolute atomic E-state index is 11.9. The molecule has 0 atom stereocenters. The Morgan fingerprint density at radius 3 is 2.57 bits per heavy atom. The monoisotopic (exact) mass is 290 g/mol. The first-order valence-electron chi connectivity index (χ1n) is 7.08. The fraction of sp³-hybridized carbons (Fsp3) is 0.500. The predicted molar refractivity (Wildman–Crippen MR) is 87.5 cm³/mol. The molecule has 0 saturated carbocycles. The molecule has 116 valence electrons. The normalized spacial score (nSPS) is 12.1. The second-order valence-electron chi connectivity index (χ2n) is 6.29. The lowest BCUT2D eigenvalue weighted by Gasteiger charge is -2.20. The Morgan fingerprint density at radius 2 is 2.00 bits per heavy atom. The van der Waals surface area contributed by atoms with E-state index in [1.807, 2.05) is 45.0 Å². The Labute approximate surface area is 127 Å². The lowest BCUT2D eigenvalue weighted by Crippen LogP contribution is -2.45. The van der Waals surface area contributed by atoms with Crippen molar-refractivity contribution in [1.29, 1.82) is 0 Å². The molecule has 0 aliphatic carbocycles. The molecular weight excluding hydrogens is 264 g/mol. The van der Waals surface area contributed by atoms with E-state index in [2.05, 4.69) is 10.3 Å². The molecule has 1 rings (SSSR count). The largest absolute Gasteiger partial charge is 0.370 e. The van der Waals surface area contributed by atoms with Gasteiger partial charge in [0.05, 0.1) is 0 Å². The molecule has 1 amide bonds. The Balaban J connectivity index is 2.62. The van der Waals surface area contributed by atoms with Crippen LogP contribution in [0.4, 0.5) is 0 Å². The van der Waals surface area contributed by atoms with Crippen molar-refractivity contribution in [3.05, 3.63) is 35.4 Å². The van der Waals surface area contributed by atoms with Gasteiger partial charge in [-0.05, 0) is 44.9 Å². The highest BCUT2D eigenvalue weighted by Gasteiger charge is 2.10. The third kappa shape index (κ3) is 6.29. The number of benzene rings is 1. The van der Waals surface area contributed by atoms with Crippen LogP contribution < -0.4 is 11.1 Å². The van der Waals surface area contributed by atoms with Gasteiger partial charge in [-0.3, -0.25) is 9.79 Å². The summed E-state index contributed by atoms with van der Waals surface area (Å²) in [5.74, 6) is 0.456. The van der Waals surface area contributed by atoms with E-state index in [-0.39, 0.29) is 11.4 Å². The quantitative estimate of drug-likeness (QED) is 0.654. The van der Waals surface area contributed by atoms with Crippen molar-refractivity contribution in [1.82, 2.24) is 10.2 Å². The average Bonchev–Trinajstić information content (AvgIpc) is 2.36. The lowest BCUT2D eigenvalue weighted by atomic mass is 10.1. The smallest absolute Gasteiger partial charge is 0.253 e. The zero-order valence-corrected chi connectivity index (χ0v) is 13.6. The number of nitrogens with one attached hydrogen (secondary N) is 1. The van der Waals surface area contributed by atoms with Crippen LogP contribution >= 0.6 is 0 Å². The van der Waals surface area contributed by atoms with E-state index >= 15 is 0 Å². The summed E-state index contributed by atoms with van der Waals surface area (Å²) in [7, 11) is 3.50. The van der Waals surface area contributed by atoms with Crippen LogP contribution in [0, 0.1) is 0 Å². The fourth-order valence-corrected chi connectivity index (χ4v) is 1.85.